The summed E-state index contributed by atoms with van der Waals surface area (Å²) in [5, 5.41) is 6.31. The van der Waals surface area contributed by atoms with E-state index >= 15 is 0 Å². The average molecular weight is 571 g/mol. The number of amides is 2. The molecule has 4 rings (SSSR count). The molecule has 1 heterocycles. The van der Waals surface area contributed by atoms with E-state index in [1.165, 1.54) is 11.3 Å². The smallest absolute Gasteiger partial charge is 0.341 e. The Kier molecular flexibility index (Phi) is 9.57. The van der Waals surface area contributed by atoms with Crippen molar-refractivity contribution in [3.8, 4) is 16.9 Å². The van der Waals surface area contributed by atoms with E-state index in [2.05, 4.69) is 10.6 Å². The third kappa shape index (κ3) is 6.84. The van der Waals surface area contributed by atoms with Crippen molar-refractivity contribution in [2.75, 3.05) is 17.2 Å². The van der Waals surface area contributed by atoms with Gasteiger partial charge in [0.2, 0.25) is 0 Å². The first-order chi connectivity index (χ1) is 19.7. The van der Waals surface area contributed by atoms with Gasteiger partial charge >= 0.3 is 5.97 Å². The Morgan fingerprint density at radius 1 is 0.878 bits per heavy atom. The molecule has 41 heavy (non-hydrogen) atoms. The van der Waals surface area contributed by atoms with E-state index in [9.17, 15) is 14.4 Å². The highest BCUT2D eigenvalue weighted by Crippen LogP contribution is 2.40. The summed E-state index contributed by atoms with van der Waals surface area (Å²) in [6, 6.07) is 22.0. The Morgan fingerprint density at radius 2 is 1.59 bits per heavy atom. The molecule has 1 atom stereocenters. The maximum atomic E-state index is 13.2. The summed E-state index contributed by atoms with van der Waals surface area (Å²) >= 11 is 1.33. The number of carbonyl (C=O) groups is 3. The van der Waals surface area contributed by atoms with Crippen LogP contribution in [0.1, 0.15) is 57.5 Å². The predicted octanol–water partition coefficient (Wildman–Crippen LogP) is 7.43. The zero-order chi connectivity index (χ0) is 29.5. The minimum absolute atomic E-state index is 0.220. The van der Waals surface area contributed by atoms with E-state index in [4.69, 9.17) is 9.47 Å². The third-order valence-corrected chi connectivity index (χ3v) is 7.66. The number of hydrogen-bond donors (Lipinski definition) is 2. The van der Waals surface area contributed by atoms with Gasteiger partial charge in [-0.1, -0.05) is 55.5 Å². The minimum Gasteiger partial charge on any atom is -0.481 e. The number of ether oxygens (including phenoxy) is 2. The lowest BCUT2D eigenvalue weighted by Gasteiger charge is -2.18. The maximum absolute atomic E-state index is 13.2. The Hall–Kier alpha value is -4.43. The number of rotatable bonds is 10. The molecule has 0 saturated carbocycles. The number of esters is 1. The molecule has 3 aromatic carbocycles. The van der Waals surface area contributed by atoms with Crippen LogP contribution < -0.4 is 15.4 Å². The van der Waals surface area contributed by atoms with Crippen LogP contribution in [0.5, 0.6) is 5.75 Å². The van der Waals surface area contributed by atoms with Gasteiger partial charge < -0.3 is 20.1 Å². The van der Waals surface area contributed by atoms with E-state index in [0.29, 0.717) is 21.9 Å². The van der Waals surface area contributed by atoms with Crippen molar-refractivity contribution in [3.05, 3.63) is 99.9 Å². The number of aryl methyl sites for hydroxylation is 3. The van der Waals surface area contributed by atoms with Gasteiger partial charge in [-0.25, -0.2) is 4.79 Å². The lowest BCUT2D eigenvalue weighted by molar-refractivity contribution is -0.122. The molecule has 2 N–H and O–H groups in total. The summed E-state index contributed by atoms with van der Waals surface area (Å²) in [7, 11) is 0. The molecule has 7 nitrogen and oxygen atoms in total. The number of anilines is 2. The van der Waals surface area contributed by atoms with Gasteiger partial charge in [-0.05, 0) is 75.1 Å². The van der Waals surface area contributed by atoms with E-state index in [1.54, 1.807) is 38.1 Å². The molecule has 0 aliphatic carbocycles. The zero-order valence-electron chi connectivity index (χ0n) is 23.9. The zero-order valence-corrected chi connectivity index (χ0v) is 24.7. The third-order valence-electron chi connectivity index (χ3n) is 6.64. The van der Waals surface area contributed by atoms with Crippen molar-refractivity contribution in [1.82, 2.24) is 0 Å². The standard InChI is InChI=1S/C33H34N2O5S/c1-6-23-15-11-12-20(3)29(23)34-30(36)21(4)40-26-18-16-25(17-19-26)31(37)35-32-28(33(38)39-7-2)27(22(5)41-32)24-13-9-8-10-14-24/h8-19,21H,6-7H2,1-5H3,(H,34,36)(H,35,37)/t21-/m0/s1. The molecule has 212 valence electrons. The predicted molar refractivity (Wildman–Crippen MR) is 164 cm³/mol. The Labute approximate surface area is 244 Å². The Bertz CT molecular complexity index is 1540. The van der Waals surface area contributed by atoms with Crippen molar-refractivity contribution in [2.45, 2.75) is 47.1 Å². The van der Waals surface area contributed by atoms with Gasteiger partial charge in [0, 0.05) is 21.7 Å². The SMILES string of the molecule is CCOC(=O)c1c(NC(=O)c2ccc(O[C@@H](C)C(=O)Nc3c(C)cccc3CC)cc2)sc(C)c1-c1ccccc1. The number of hydrogen-bond acceptors (Lipinski definition) is 6. The Balaban J connectivity index is 1.47. The van der Waals surface area contributed by atoms with E-state index in [-0.39, 0.29) is 18.4 Å². The molecule has 0 spiro atoms. The molecule has 0 unspecified atom stereocenters. The fraction of sp³-hybridized carbons (Fsp3) is 0.242. The fourth-order valence-electron chi connectivity index (χ4n) is 4.53. The van der Waals surface area contributed by atoms with Crippen molar-refractivity contribution in [1.29, 1.82) is 0 Å². The first kappa shape index (κ1) is 29.6. The van der Waals surface area contributed by atoms with Gasteiger partial charge in [0.25, 0.3) is 11.8 Å². The van der Waals surface area contributed by atoms with Crippen LogP contribution >= 0.6 is 11.3 Å². The molecular weight excluding hydrogens is 536 g/mol. The van der Waals surface area contributed by atoms with E-state index in [1.807, 2.05) is 69.3 Å². The van der Waals surface area contributed by atoms with Gasteiger partial charge in [-0.3, -0.25) is 9.59 Å². The molecule has 0 saturated heterocycles. The average Bonchev–Trinajstić information content (AvgIpc) is 3.30. The highest BCUT2D eigenvalue weighted by Gasteiger charge is 2.26. The van der Waals surface area contributed by atoms with Crippen LogP contribution in [-0.2, 0) is 16.0 Å². The second-order valence-corrected chi connectivity index (χ2v) is 10.7. The Morgan fingerprint density at radius 3 is 2.24 bits per heavy atom. The largest absolute Gasteiger partial charge is 0.481 e. The fourth-order valence-corrected chi connectivity index (χ4v) is 5.59. The topological polar surface area (TPSA) is 93.7 Å². The lowest BCUT2D eigenvalue weighted by Crippen LogP contribution is -2.30. The van der Waals surface area contributed by atoms with Crippen LogP contribution in [0.2, 0.25) is 0 Å². The van der Waals surface area contributed by atoms with Crippen molar-refractivity contribution >= 4 is 39.8 Å². The lowest BCUT2D eigenvalue weighted by atomic mass is 10.0. The first-order valence-electron chi connectivity index (χ1n) is 13.6. The molecule has 0 fully saturated rings. The number of carbonyl (C=O) groups excluding carboxylic acids is 3. The van der Waals surface area contributed by atoms with Gasteiger partial charge in [0.1, 0.15) is 16.3 Å². The van der Waals surface area contributed by atoms with E-state index < -0.39 is 12.1 Å². The second-order valence-electron chi connectivity index (χ2n) is 9.51. The normalized spacial score (nSPS) is 11.4. The summed E-state index contributed by atoms with van der Waals surface area (Å²) in [5.74, 6) is -0.668. The van der Waals surface area contributed by atoms with Crippen LogP contribution in [0.3, 0.4) is 0 Å². The van der Waals surface area contributed by atoms with Gasteiger partial charge in [-0.2, -0.15) is 0 Å². The van der Waals surface area contributed by atoms with Gasteiger partial charge in [0.15, 0.2) is 6.10 Å². The molecule has 0 aliphatic heterocycles. The number of benzene rings is 3. The second kappa shape index (κ2) is 13.3. The van der Waals surface area contributed by atoms with Crippen molar-refractivity contribution in [3.63, 3.8) is 0 Å². The van der Waals surface area contributed by atoms with Gasteiger partial charge in [-0.15, -0.1) is 11.3 Å². The van der Waals surface area contributed by atoms with Crippen LogP contribution in [-0.4, -0.2) is 30.5 Å². The molecule has 0 radical (unpaired) electrons. The summed E-state index contributed by atoms with van der Waals surface area (Å²) in [5.41, 5.74) is 5.20. The summed E-state index contributed by atoms with van der Waals surface area (Å²) in [6.07, 6.45) is 0.0484. The molecule has 1 aromatic heterocycles. The molecule has 2 amide bonds. The highest BCUT2D eigenvalue weighted by molar-refractivity contribution is 7.17. The maximum Gasteiger partial charge on any atom is 0.341 e. The van der Waals surface area contributed by atoms with E-state index in [0.717, 1.165) is 39.2 Å². The summed E-state index contributed by atoms with van der Waals surface area (Å²) in [4.78, 5) is 39.9. The molecule has 0 bridgehead atoms. The molecule has 8 heteroatoms. The first-order valence-corrected chi connectivity index (χ1v) is 14.4. The minimum atomic E-state index is -0.753. The molecule has 0 aliphatic rings. The van der Waals surface area contributed by atoms with Gasteiger partial charge in [0.05, 0.1) is 6.61 Å². The molecular formula is C33H34N2O5S. The quantitative estimate of drug-likeness (QED) is 0.193. The summed E-state index contributed by atoms with van der Waals surface area (Å²) < 4.78 is 11.2. The number of thiophene rings is 1. The number of nitrogens with one attached hydrogen (secondary N) is 2. The van der Waals surface area contributed by atoms with Crippen LogP contribution in [0, 0.1) is 13.8 Å². The van der Waals surface area contributed by atoms with Crippen LogP contribution in [0.15, 0.2) is 72.8 Å². The number of para-hydroxylation sites is 1. The van der Waals surface area contributed by atoms with Crippen LogP contribution in [0.4, 0.5) is 10.7 Å². The van der Waals surface area contributed by atoms with Crippen molar-refractivity contribution < 1.29 is 23.9 Å². The van der Waals surface area contributed by atoms with Crippen molar-refractivity contribution in [2.24, 2.45) is 0 Å². The summed E-state index contributed by atoms with van der Waals surface area (Å²) in [6.45, 7) is 9.56. The van der Waals surface area contributed by atoms with Crippen LogP contribution in [0.25, 0.3) is 11.1 Å². The molecule has 4 aromatic rings. The highest BCUT2D eigenvalue weighted by atomic mass is 32.1. The monoisotopic (exact) mass is 570 g/mol.